The molecule has 0 saturated heterocycles. The van der Waals surface area contributed by atoms with Crippen LogP contribution >= 0.6 is 11.3 Å². The van der Waals surface area contributed by atoms with Crippen LogP contribution in [0.3, 0.4) is 0 Å². The van der Waals surface area contributed by atoms with Crippen molar-refractivity contribution in [3.05, 3.63) is 21.4 Å². The second kappa shape index (κ2) is 5.13. The van der Waals surface area contributed by atoms with E-state index in [4.69, 9.17) is 0 Å². The maximum absolute atomic E-state index is 3.48. The molecule has 1 aromatic rings. The van der Waals surface area contributed by atoms with Gasteiger partial charge in [0, 0.05) is 15.8 Å². The van der Waals surface area contributed by atoms with E-state index in [1.54, 1.807) is 15.3 Å². The van der Waals surface area contributed by atoms with Crippen LogP contribution < -0.4 is 5.32 Å². The molecule has 1 unspecified atom stereocenters. The van der Waals surface area contributed by atoms with Crippen molar-refractivity contribution in [1.29, 1.82) is 0 Å². The van der Waals surface area contributed by atoms with E-state index in [9.17, 15) is 0 Å². The Labute approximate surface area is 96.9 Å². The van der Waals surface area contributed by atoms with Gasteiger partial charge in [0.05, 0.1) is 0 Å². The predicted octanol–water partition coefficient (Wildman–Crippen LogP) is 3.17. The fourth-order valence-corrected chi connectivity index (χ4v) is 3.76. The van der Waals surface area contributed by atoms with Gasteiger partial charge in [-0.3, -0.25) is 0 Å². The molecule has 0 saturated carbocycles. The SMILES string of the molecule is CCNC(C)Cc1cc2c(s1)CCCC2. The Morgan fingerprint density at radius 1 is 1.40 bits per heavy atom. The van der Waals surface area contributed by atoms with Gasteiger partial charge in [-0.1, -0.05) is 6.92 Å². The first-order valence-electron chi connectivity index (χ1n) is 6.13. The Morgan fingerprint density at radius 2 is 2.20 bits per heavy atom. The van der Waals surface area contributed by atoms with Gasteiger partial charge in [0.25, 0.3) is 0 Å². The van der Waals surface area contributed by atoms with Crippen LogP contribution in [0, 0.1) is 0 Å². The number of rotatable bonds is 4. The molecule has 1 N–H and O–H groups in total. The van der Waals surface area contributed by atoms with Crippen molar-refractivity contribution in [2.75, 3.05) is 6.54 Å². The molecule has 1 heterocycles. The lowest BCUT2D eigenvalue weighted by Crippen LogP contribution is -2.27. The summed E-state index contributed by atoms with van der Waals surface area (Å²) in [7, 11) is 0. The molecule has 0 spiro atoms. The molecule has 84 valence electrons. The van der Waals surface area contributed by atoms with Crippen molar-refractivity contribution >= 4 is 11.3 Å². The molecule has 1 atom stereocenters. The lowest BCUT2D eigenvalue weighted by molar-refractivity contribution is 0.568. The highest BCUT2D eigenvalue weighted by Crippen LogP contribution is 2.30. The molecule has 0 radical (unpaired) electrons. The van der Waals surface area contributed by atoms with Crippen LogP contribution in [-0.2, 0) is 19.3 Å². The first kappa shape index (κ1) is 11.2. The Balaban J connectivity index is 2.00. The third-order valence-electron chi connectivity index (χ3n) is 3.11. The third kappa shape index (κ3) is 2.82. The van der Waals surface area contributed by atoms with E-state index in [1.165, 1.54) is 32.1 Å². The van der Waals surface area contributed by atoms with Gasteiger partial charge in [0.1, 0.15) is 0 Å². The number of nitrogens with one attached hydrogen (secondary N) is 1. The van der Waals surface area contributed by atoms with Crippen LogP contribution in [0.25, 0.3) is 0 Å². The van der Waals surface area contributed by atoms with Crippen molar-refractivity contribution in [2.24, 2.45) is 0 Å². The molecule has 1 aromatic heterocycles. The molecule has 2 heteroatoms. The summed E-state index contributed by atoms with van der Waals surface area (Å²) in [6.45, 7) is 5.53. The molecule has 15 heavy (non-hydrogen) atoms. The average molecular weight is 223 g/mol. The van der Waals surface area contributed by atoms with Crippen molar-refractivity contribution in [3.8, 4) is 0 Å². The minimum atomic E-state index is 0.620. The van der Waals surface area contributed by atoms with Crippen LogP contribution in [0.5, 0.6) is 0 Å². The van der Waals surface area contributed by atoms with Crippen LogP contribution in [0.1, 0.15) is 42.0 Å². The van der Waals surface area contributed by atoms with Crippen molar-refractivity contribution in [1.82, 2.24) is 5.32 Å². The Kier molecular flexibility index (Phi) is 3.81. The Bertz CT molecular complexity index is 293. The fraction of sp³-hybridized carbons (Fsp3) is 0.692. The summed E-state index contributed by atoms with van der Waals surface area (Å²) in [6, 6.07) is 3.07. The van der Waals surface area contributed by atoms with Crippen LogP contribution in [0.4, 0.5) is 0 Å². The zero-order valence-electron chi connectivity index (χ0n) is 9.81. The van der Waals surface area contributed by atoms with Gasteiger partial charge in [-0.05, 0) is 57.2 Å². The molecular formula is C13H21NS. The van der Waals surface area contributed by atoms with E-state index >= 15 is 0 Å². The Hall–Kier alpha value is -0.340. The van der Waals surface area contributed by atoms with Crippen LogP contribution in [0.2, 0.25) is 0 Å². The van der Waals surface area contributed by atoms with Gasteiger partial charge in [-0.25, -0.2) is 0 Å². The minimum absolute atomic E-state index is 0.620. The van der Waals surface area contributed by atoms with Crippen LogP contribution in [-0.4, -0.2) is 12.6 Å². The average Bonchev–Trinajstić information content (AvgIpc) is 2.59. The summed E-state index contributed by atoms with van der Waals surface area (Å²) < 4.78 is 0. The van der Waals surface area contributed by atoms with Gasteiger partial charge in [-0.15, -0.1) is 11.3 Å². The molecule has 0 aromatic carbocycles. The van der Waals surface area contributed by atoms with E-state index in [1.807, 2.05) is 11.3 Å². The first-order valence-corrected chi connectivity index (χ1v) is 6.95. The van der Waals surface area contributed by atoms with Crippen molar-refractivity contribution < 1.29 is 0 Å². The molecule has 2 rings (SSSR count). The summed E-state index contributed by atoms with van der Waals surface area (Å²) in [5.41, 5.74) is 1.64. The molecular weight excluding hydrogens is 202 g/mol. The number of fused-ring (bicyclic) bond motifs is 1. The summed E-state index contributed by atoms with van der Waals surface area (Å²) in [5.74, 6) is 0. The Morgan fingerprint density at radius 3 is 2.93 bits per heavy atom. The fourth-order valence-electron chi connectivity index (χ4n) is 2.38. The second-order valence-corrected chi connectivity index (χ2v) is 5.75. The monoisotopic (exact) mass is 223 g/mol. The highest BCUT2D eigenvalue weighted by molar-refractivity contribution is 7.12. The highest BCUT2D eigenvalue weighted by atomic mass is 32.1. The van der Waals surface area contributed by atoms with E-state index in [2.05, 4.69) is 25.2 Å². The molecule has 0 bridgehead atoms. The summed E-state index contributed by atoms with van der Waals surface area (Å²) in [6.07, 6.45) is 6.64. The lowest BCUT2D eigenvalue weighted by Gasteiger charge is -2.09. The minimum Gasteiger partial charge on any atom is -0.314 e. The standard InChI is InChI=1S/C13H21NS/c1-3-14-10(2)8-12-9-11-6-4-5-7-13(11)15-12/h9-10,14H,3-8H2,1-2H3. The number of hydrogen-bond acceptors (Lipinski definition) is 2. The van der Waals surface area contributed by atoms with Gasteiger partial charge < -0.3 is 5.32 Å². The molecule has 1 aliphatic rings. The second-order valence-electron chi connectivity index (χ2n) is 4.53. The quantitative estimate of drug-likeness (QED) is 0.827. The maximum Gasteiger partial charge on any atom is 0.00869 e. The number of likely N-dealkylation sites (N-methyl/N-ethyl adjacent to an activating group) is 1. The topological polar surface area (TPSA) is 12.0 Å². The zero-order chi connectivity index (χ0) is 10.7. The third-order valence-corrected chi connectivity index (χ3v) is 4.37. The highest BCUT2D eigenvalue weighted by Gasteiger charge is 2.14. The molecule has 1 nitrogen and oxygen atoms in total. The van der Waals surface area contributed by atoms with Crippen molar-refractivity contribution in [3.63, 3.8) is 0 Å². The van der Waals surface area contributed by atoms with E-state index in [0.29, 0.717) is 6.04 Å². The first-order chi connectivity index (χ1) is 7.29. The summed E-state index contributed by atoms with van der Waals surface area (Å²) in [4.78, 5) is 3.25. The number of aryl methyl sites for hydroxylation is 2. The predicted molar refractivity (Wildman–Crippen MR) is 67.8 cm³/mol. The number of thiophene rings is 1. The van der Waals surface area contributed by atoms with E-state index in [0.717, 1.165) is 6.54 Å². The number of hydrogen-bond donors (Lipinski definition) is 1. The summed E-state index contributed by atoms with van der Waals surface area (Å²) >= 11 is 2.05. The van der Waals surface area contributed by atoms with E-state index < -0.39 is 0 Å². The van der Waals surface area contributed by atoms with Crippen LogP contribution in [0.15, 0.2) is 6.07 Å². The van der Waals surface area contributed by atoms with Gasteiger partial charge in [0.15, 0.2) is 0 Å². The lowest BCUT2D eigenvalue weighted by atomic mass is 9.99. The molecule has 1 aliphatic carbocycles. The van der Waals surface area contributed by atoms with Gasteiger partial charge in [0.2, 0.25) is 0 Å². The zero-order valence-corrected chi connectivity index (χ0v) is 10.6. The smallest absolute Gasteiger partial charge is 0.00869 e. The largest absolute Gasteiger partial charge is 0.314 e. The maximum atomic E-state index is 3.48. The molecule has 0 aliphatic heterocycles. The van der Waals surface area contributed by atoms with E-state index in [-0.39, 0.29) is 0 Å². The van der Waals surface area contributed by atoms with Gasteiger partial charge >= 0.3 is 0 Å². The molecule has 0 amide bonds. The summed E-state index contributed by atoms with van der Waals surface area (Å²) in [5, 5.41) is 3.48. The normalized spacial score (nSPS) is 17.5. The van der Waals surface area contributed by atoms with Crippen molar-refractivity contribution in [2.45, 2.75) is 52.0 Å². The molecule has 0 fully saturated rings. The van der Waals surface area contributed by atoms with Gasteiger partial charge in [-0.2, -0.15) is 0 Å².